The molecule has 1 amide bonds. The zero-order chi connectivity index (χ0) is 14.1. The Labute approximate surface area is 114 Å². The number of phenols is 1. The van der Waals surface area contributed by atoms with Crippen LogP contribution in [0.4, 0.5) is 4.39 Å². The third kappa shape index (κ3) is 2.18. The molecule has 1 aliphatic heterocycles. The molecule has 0 aliphatic carbocycles. The van der Waals surface area contributed by atoms with Gasteiger partial charge in [-0.3, -0.25) is 4.79 Å². The van der Waals surface area contributed by atoms with E-state index in [9.17, 15) is 14.3 Å². The van der Waals surface area contributed by atoms with E-state index >= 15 is 0 Å². The lowest BCUT2D eigenvalue weighted by atomic mass is 10.1. The van der Waals surface area contributed by atoms with Crippen LogP contribution < -0.4 is 10.1 Å². The predicted octanol–water partition coefficient (Wildman–Crippen LogP) is 2.39. The molecule has 2 aromatic carbocycles. The molecule has 0 aromatic heterocycles. The number of fused-ring (bicyclic) bond motifs is 1. The zero-order valence-corrected chi connectivity index (χ0v) is 10.5. The molecule has 0 bridgehead atoms. The molecule has 1 atom stereocenters. The standard InChI is InChI=1S/C15H12FNO3/c16-9-5-6-11(13(18)7-9)15(19)17-12-8-20-14-4-2-1-3-10(12)14/h1-7,12,18H,8H2,(H,17,19). The van der Waals surface area contributed by atoms with Crippen molar-refractivity contribution >= 4 is 5.91 Å². The van der Waals surface area contributed by atoms with Crippen LogP contribution >= 0.6 is 0 Å². The molecule has 5 heteroatoms. The van der Waals surface area contributed by atoms with Gasteiger partial charge in [-0.15, -0.1) is 0 Å². The molecule has 0 spiro atoms. The highest BCUT2D eigenvalue weighted by Crippen LogP contribution is 2.32. The smallest absolute Gasteiger partial charge is 0.255 e. The number of ether oxygens (including phenoxy) is 1. The summed E-state index contributed by atoms with van der Waals surface area (Å²) < 4.78 is 18.4. The van der Waals surface area contributed by atoms with Crippen LogP contribution in [0.25, 0.3) is 0 Å². The van der Waals surface area contributed by atoms with Gasteiger partial charge in [-0.05, 0) is 18.2 Å². The first-order chi connectivity index (χ1) is 9.65. The second kappa shape index (κ2) is 4.85. The van der Waals surface area contributed by atoms with Crippen LogP contribution in [0.3, 0.4) is 0 Å². The maximum absolute atomic E-state index is 12.9. The van der Waals surface area contributed by atoms with Crippen molar-refractivity contribution in [1.29, 1.82) is 0 Å². The Bertz CT molecular complexity index is 672. The first-order valence-corrected chi connectivity index (χ1v) is 6.16. The van der Waals surface area contributed by atoms with E-state index in [1.54, 1.807) is 0 Å². The maximum Gasteiger partial charge on any atom is 0.255 e. The van der Waals surface area contributed by atoms with Gasteiger partial charge in [0.25, 0.3) is 5.91 Å². The number of nitrogens with one attached hydrogen (secondary N) is 1. The van der Waals surface area contributed by atoms with Gasteiger partial charge in [-0.2, -0.15) is 0 Å². The van der Waals surface area contributed by atoms with Crippen molar-refractivity contribution < 1.29 is 19.0 Å². The molecule has 0 radical (unpaired) electrons. The summed E-state index contributed by atoms with van der Waals surface area (Å²) in [6, 6.07) is 10.4. The number of halogens is 1. The molecule has 2 aromatic rings. The minimum Gasteiger partial charge on any atom is -0.507 e. The Morgan fingerprint density at radius 2 is 2.10 bits per heavy atom. The van der Waals surface area contributed by atoms with Crippen molar-refractivity contribution in [2.24, 2.45) is 0 Å². The highest BCUT2D eigenvalue weighted by molar-refractivity contribution is 5.97. The molecule has 0 saturated carbocycles. The van der Waals surface area contributed by atoms with Crippen LogP contribution in [-0.4, -0.2) is 17.6 Å². The Morgan fingerprint density at radius 3 is 2.90 bits per heavy atom. The molecule has 1 unspecified atom stereocenters. The average molecular weight is 273 g/mol. The number of carbonyl (C=O) groups excluding carboxylic acids is 1. The number of rotatable bonds is 2. The lowest BCUT2D eigenvalue weighted by Gasteiger charge is -2.12. The monoisotopic (exact) mass is 273 g/mol. The summed E-state index contributed by atoms with van der Waals surface area (Å²) in [6.07, 6.45) is 0. The lowest BCUT2D eigenvalue weighted by molar-refractivity contribution is 0.0927. The molecule has 1 heterocycles. The summed E-state index contributed by atoms with van der Waals surface area (Å²) >= 11 is 0. The predicted molar refractivity (Wildman–Crippen MR) is 70.2 cm³/mol. The number of hydrogen-bond donors (Lipinski definition) is 2. The molecule has 4 nitrogen and oxygen atoms in total. The van der Waals surface area contributed by atoms with Crippen molar-refractivity contribution in [3.8, 4) is 11.5 Å². The molecule has 3 rings (SSSR count). The second-order valence-electron chi connectivity index (χ2n) is 4.54. The number of phenolic OH excluding ortho intramolecular Hbond substituents is 1. The number of para-hydroxylation sites is 1. The van der Waals surface area contributed by atoms with Crippen molar-refractivity contribution in [1.82, 2.24) is 5.32 Å². The summed E-state index contributed by atoms with van der Waals surface area (Å²) in [5.74, 6) is -0.697. The summed E-state index contributed by atoms with van der Waals surface area (Å²) in [6.45, 7) is 0.340. The Balaban J connectivity index is 1.81. The molecule has 102 valence electrons. The highest BCUT2D eigenvalue weighted by Gasteiger charge is 2.26. The minimum absolute atomic E-state index is 0.0378. The van der Waals surface area contributed by atoms with Gasteiger partial charge in [0, 0.05) is 11.6 Å². The van der Waals surface area contributed by atoms with Gasteiger partial charge in [0.1, 0.15) is 23.9 Å². The largest absolute Gasteiger partial charge is 0.507 e. The van der Waals surface area contributed by atoms with Gasteiger partial charge in [0.05, 0.1) is 11.6 Å². The van der Waals surface area contributed by atoms with E-state index in [0.29, 0.717) is 6.61 Å². The SMILES string of the molecule is O=C(NC1COc2ccccc21)c1ccc(F)cc1O. The lowest BCUT2D eigenvalue weighted by Crippen LogP contribution is -2.29. The number of amides is 1. The van der Waals surface area contributed by atoms with Crippen LogP contribution in [0.15, 0.2) is 42.5 Å². The molecule has 0 fully saturated rings. The van der Waals surface area contributed by atoms with Gasteiger partial charge in [0.15, 0.2) is 0 Å². The second-order valence-corrected chi connectivity index (χ2v) is 4.54. The zero-order valence-electron chi connectivity index (χ0n) is 10.5. The third-order valence-electron chi connectivity index (χ3n) is 3.21. The normalized spacial score (nSPS) is 16.4. The van der Waals surface area contributed by atoms with Crippen molar-refractivity contribution in [2.45, 2.75) is 6.04 Å². The van der Waals surface area contributed by atoms with E-state index in [2.05, 4.69) is 5.32 Å². The van der Waals surface area contributed by atoms with Gasteiger partial charge < -0.3 is 15.2 Å². The number of hydrogen-bond acceptors (Lipinski definition) is 3. The topological polar surface area (TPSA) is 58.6 Å². The summed E-state index contributed by atoms with van der Waals surface area (Å²) in [4.78, 5) is 12.1. The summed E-state index contributed by atoms with van der Waals surface area (Å²) in [5.41, 5.74) is 0.929. The van der Waals surface area contributed by atoms with Crippen LogP contribution in [0.1, 0.15) is 22.0 Å². The summed E-state index contributed by atoms with van der Waals surface area (Å²) in [5, 5.41) is 12.4. The fourth-order valence-corrected chi connectivity index (χ4v) is 2.21. The van der Waals surface area contributed by atoms with E-state index in [4.69, 9.17) is 4.74 Å². The molecular weight excluding hydrogens is 261 g/mol. The van der Waals surface area contributed by atoms with Gasteiger partial charge in [0.2, 0.25) is 0 Å². The number of benzene rings is 2. The van der Waals surface area contributed by atoms with E-state index in [0.717, 1.165) is 23.4 Å². The fourth-order valence-electron chi connectivity index (χ4n) is 2.21. The van der Waals surface area contributed by atoms with Crippen LogP contribution in [0.2, 0.25) is 0 Å². The van der Waals surface area contributed by atoms with E-state index in [-0.39, 0.29) is 17.4 Å². The quantitative estimate of drug-likeness (QED) is 0.883. The fraction of sp³-hybridized carbons (Fsp3) is 0.133. The average Bonchev–Trinajstić information content (AvgIpc) is 2.82. The maximum atomic E-state index is 12.9. The molecule has 20 heavy (non-hydrogen) atoms. The van der Waals surface area contributed by atoms with E-state index in [1.807, 2.05) is 24.3 Å². The van der Waals surface area contributed by atoms with E-state index < -0.39 is 11.7 Å². The van der Waals surface area contributed by atoms with Crippen molar-refractivity contribution in [3.63, 3.8) is 0 Å². The van der Waals surface area contributed by atoms with Crippen molar-refractivity contribution in [3.05, 3.63) is 59.4 Å². The first-order valence-electron chi connectivity index (χ1n) is 6.16. The van der Waals surface area contributed by atoms with Crippen molar-refractivity contribution in [2.75, 3.05) is 6.61 Å². The third-order valence-corrected chi connectivity index (χ3v) is 3.21. The van der Waals surface area contributed by atoms with E-state index in [1.165, 1.54) is 6.07 Å². The highest BCUT2D eigenvalue weighted by atomic mass is 19.1. The van der Waals surface area contributed by atoms with Crippen LogP contribution in [0.5, 0.6) is 11.5 Å². The number of carbonyl (C=O) groups is 1. The first kappa shape index (κ1) is 12.5. The Hall–Kier alpha value is -2.56. The molecule has 0 saturated heterocycles. The minimum atomic E-state index is -0.589. The van der Waals surface area contributed by atoms with Gasteiger partial charge >= 0.3 is 0 Å². The summed E-state index contributed by atoms with van der Waals surface area (Å²) in [7, 11) is 0. The van der Waals surface area contributed by atoms with Gasteiger partial charge in [-0.25, -0.2) is 4.39 Å². The molecular formula is C15H12FNO3. The van der Waals surface area contributed by atoms with Crippen LogP contribution in [0, 0.1) is 5.82 Å². The Morgan fingerprint density at radius 1 is 1.30 bits per heavy atom. The Kier molecular flexibility index (Phi) is 3.02. The van der Waals surface area contributed by atoms with Gasteiger partial charge in [-0.1, -0.05) is 18.2 Å². The number of aromatic hydroxyl groups is 1. The molecule has 1 aliphatic rings. The molecule has 2 N–H and O–H groups in total. The van der Waals surface area contributed by atoms with Crippen LogP contribution in [-0.2, 0) is 0 Å².